The van der Waals surface area contributed by atoms with Gasteiger partial charge >= 0.3 is 0 Å². The number of hydrogen-bond donors (Lipinski definition) is 1. The number of aromatic nitrogens is 1. The fourth-order valence-electron chi connectivity index (χ4n) is 4.05. The molecule has 3 rings (SSSR count). The molecule has 1 atom stereocenters. The lowest BCUT2D eigenvalue weighted by Gasteiger charge is -2.41. The van der Waals surface area contributed by atoms with Crippen LogP contribution in [-0.2, 0) is 13.1 Å². The van der Waals surface area contributed by atoms with Crippen molar-refractivity contribution in [3.8, 4) is 5.75 Å². The number of aliphatic hydroxyl groups excluding tert-OH is 1. The predicted octanol–water partition coefficient (Wildman–Crippen LogP) is 3.96. The maximum Gasteiger partial charge on any atom is 0.122 e. The fourth-order valence-corrected chi connectivity index (χ4v) is 5.05. The van der Waals surface area contributed by atoms with Crippen LogP contribution < -0.4 is 4.74 Å². The number of hydrogen-bond acceptors (Lipinski definition) is 6. The van der Waals surface area contributed by atoms with Gasteiger partial charge in [0, 0.05) is 44.2 Å². The van der Waals surface area contributed by atoms with Crippen molar-refractivity contribution in [3.05, 3.63) is 44.9 Å². The number of aliphatic hydroxyl groups is 1. The third kappa shape index (κ3) is 5.37. The topological polar surface area (TPSA) is 48.8 Å². The number of piperazine rings is 1. The summed E-state index contributed by atoms with van der Waals surface area (Å²) >= 11 is 1.77. The first-order chi connectivity index (χ1) is 13.9. The van der Waals surface area contributed by atoms with Crippen LogP contribution in [0.5, 0.6) is 5.75 Å². The summed E-state index contributed by atoms with van der Waals surface area (Å²) in [5.74, 6) is 1.43. The number of rotatable bonds is 8. The SMILES string of the molecule is COc1ccc(CN2CCN(Cc3nc(C(C)C)cs3)C[C@@H]2CCO)c(C)c1C. The van der Waals surface area contributed by atoms with Crippen LogP contribution in [0.3, 0.4) is 0 Å². The molecule has 0 radical (unpaired) electrons. The monoisotopic (exact) mass is 417 g/mol. The van der Waals surface area contributed by atoms with Crippen LogP contribution in [0, 0.1) is 13.8 Å². The summed E-state index contributed by atoms with van der Waals surface area (Å²) in [4.78, 5) is 9.82. The van der Waals surface area contributed by atoms with E-state index in [1.54, 1.807) is 18.4 Å². The van der Waals surface area contributed by atoms with Gasteiger partial charge in [-0.25, -0.2) is 4.98 Å². The molecule has 1 saturated heterocycles. The second-order valence-corrected chi connectivity index (χ2v) is 9.31. The van der Waals surface area contributed by atoms with Gasteiger partial charge in [-0.05, 0) is 48.9 Å². The molecule has 0 amide bonds. The van der Waals surface area contributed by atoms with Gasteiger partial charge in [0.15, 0.2) is 0 Å². The van der Waals surface area contributed by atoms with E-state index >= 15 is 0 Å². The zero-order chi connectivity index (χ0) is 21.0. The summed E-state index contributed by atoms with van der Waals surface area (Å²) in [5, 5.41) is 13.0. The van der Waals surface area contributed by atoms with Crippen molar-refractivity contribution >= 4 is 11.3 Å². The molecule has 1 aliphatic heterocycles. The second-order valence-electron chi connectivity index (χ2n) is 8.37. The Morgan fingerprint density at radius 2 is 2.00 bits per heavy atom. The summed E-state index contributed by atoms with van der Waals surface area (Å²) in [6.45, 7) is 13.8. The Bertz CT molecular complexity index is 805. The number of nitrogens with zero attached hydrogens (tertiary/aromatic N) is 3. The van der Waals surface area contributed by atoms with Crippen LogP contribution in [0.1, 0.15) is 53.6 Å². The molecule has 1 N–H and O–H groups in total. The molecule has 0 aliphatic carbocycles. The van der Waals surface area contributed by atoms with E-state index in [0.717, 1.165) is 44.9 Å². The van der Waals surface area contributed by atoms with Crippen molar-refractivity contribution in [3.63, 3.8) is 0 Å². The van der Waals surface area contributed by atoms with Crippen LogP contribution in [0.2, 0.25) is 0 Å². The van der Waals surface area contributed by atoms with Gasteiger partial charge in [-0.1, -0.05) is 19.9 Å². The molecule has 6 heteroatoms. The smallest absolute Gasteiger partial charge is 0.122 e. The quantitative estimate of drug-likeness (QED) is 0.704. The van der Waals surface area contributed by atoms with E-state index in [-0.39, 0.29) is 6.61 Å². The van der Waals surface area contributed by atoms with Crippen LogP contribution in [-0.4, -0.2) is 59.3 Å². The predicted molar refractivity (Wildman–Crippen MR) is 120 cm³/mol. The fraction of sp³-hybridized carbons (Fsp3) is 0.609. The van der Waals surface area contributed by atoms with Crippen molar-refractivity contribution in [2.45, 2.75) is 59.2 Å². The van der Waals surface area contributed by atoms with Gasteiger partial charge in [-0.3, -0.25) is 9.80 Å². The molecule has 0 bridgehead atoms. The third-order valence-electron chi connectivity index (χ3n) is 6.11. The first-order valence-corrected chi connectivity index (χ1v) is 11.5. The van der Waals surface area contributed by atoms with Crippen LogP contribution in [0.15, 0.2) is 17.5 Å². The zero-order valence-corrected chi connectivity index (χ0v) is 19.3. The summed E-state index contributed by atoms with van der Waals surface area (Å²) in [6, 6.07) is 4.62. The zero-order valence-electron chi connectivity index (χ0n) is 18.4. The Balaban J connectivity index is 1.66. The summed E-state index contributed by atoms with van der Waals surface area (Å²) in [7, 11) is 1.73. The van der Waals surface area contributed by atoms with Crippen molar-refractivity contribution in [1.82, 2.24) is 14.8 Å². The molecule has 1 fully saturated rings. The number of ether oxygens (including phenoxy) is 1. The van der Waals surface area contributed by atoms with Crippen LogP contribution in [0.25, 0.3) is 0 Å². The Kier molecular flexibility index (Phi) is 7.68. The molecular formula is C23H35N3O2S. The van der Waals surface area contributed by atoms with Crippen LogP contribution >= 0.6 is 11.3 Å². The highest BCUT2D eigenvalue weighted by Crippen LogP contribution is 2.27. The van der Waals surface area contributed by atoms with Gasteiger partial charge in [0.1, 0.15) is 10.8 Å². The van der Waals surface area contributed by atoms with E-state index in [2.05, 4.69) is 55.0 Å². The Labute approximate surface area is 179 Å². The molecule has 2 aromatic rings. The largest absolute Gasteiger partial charge is 0.496 e. The highest BCUT2D eigenvalue weighted by molar-refractivity contribution is 7.09. The average Bonchev–Trinajstić information content (AvgIpc) is 3.16. The van der Waals surface area contributed by atoms with Gasteiger partial charge < -0.3 is 9.84 Å². The number of thiazole rings is 1. The minimum Gasteiger partial charge on any atom is -0.496 e. The van der Waals surface area contributed by atoms with Gasteiger partial charge in [-0.2, -0.15) is 0 Å². The normalized spacial score (nSPS) is 18.5. The van der Waals surface area contributed by atoms with Crippen molar-refractivity contribution in [2.75, 3.05) is 33.4 Å². The minimum absolute atomic E-state index is 0.227. The molecule has 5 nitrogen and oxygen atoms in total. The number of methoxy groups -OCH3 is 1. The van der Waals surface area contributed by atoms with E-state index < -0.39 is 0 Å². The van der Waals surface area contributed by atoms with Crippen molar-refractivity contribution < 1.29 is 9.84 Å². The Morgan fingerprint density at radius 1 is 1.21 bits per heavy atom. The summed E-state index contributed by atoms with van der Waals surface area (Å²) in [5.41, 5.74) is 5.06. The Morgan fingerprint density at radius 3 is 2.66 bits per heavy atom. The molecular weight excluding hydrogens is 382 g/mol. The van der Waals surface area contributed by atoms with E-state index in [9.17, 15) is 5.11 Å². The summed E-state index contributed by atoms with van der Waals surface area (Å²) < 4.78 is 5.46. The maximum atomic E-state index is 9.64. The standard InChI is InChI=1S/C23H35N3O2S/c1-16(2)21-15-29-23(24-21)14-25-9-10-26(20(13-25)8-11-27)12-19-6-7-22(28-5)18(4)17(19)3/h6-7,15-16,20,27H,8-14H2,1-5H3/t20-/m0/s1. The van der Waals surface area contributed by atoms with Gasteiger partial charge in [0.05, 0.1) is 19.3 Å². The summed E-state index contributed by atoms with van der Waals surface area (Å²) in [6.07, 6.45) is 0.805. The van der Waals surface area contributed by atoms with Gasteiger partial charge in [0.2, 0.25) is 0 Å². The highest BCUT2D eigenvalue weighted by atomic mass is 32.1. The molecule has 0 unspecified atom stereocenters. The molecule has 2 heterocycles. The van der Waals surface area contributed by atoms with E-state index in [1.165, 1.54) is 27.4 Å². The third-order valence-corrected chi connectivity index (χ3v) is 6.97. The molecule has 1 aliphatic rings. The highest BCUT2D eigenvalue weighted by Gasteiger charge is 2.27. The van der Waals surface area contributed by atoms with Gasteiger partial charge in [0.25, 0.3) is 0 Å². The first-order valence-electron chi connectivity index (χ1n) is 10.6. The Hall–Kier alpha value is -1.47. The van der Waals surface area contributed by atoms with E-state index in [4.69, 9.17) is 9.72 Å². The lowest BCUT2D eigenvalue weighted by molar-refractivity contribution is 0.0498. The molecule has 29 heavy (non-hydrogen) atoms. The molecule has 0 spiro atoms. The number of benzene rings is 1. The maximum absolute atomic E-state index is 9.64. The lowest BCUT2D eigenvalue weighted by atomic mass is 10.00. The molecule has 0 saturated carbocycles. The van der Waals surface area contributed by atoms with Gasteiger partial charge in [-0.15, -0.1) is 11.3 Å². The minimum atomic E-state index is 0.227. The van der Waals surface area contributed by atoms with E-state index in [0.29, 0.717) is 12.0 Å². The van der Waals surface area contributed by atoms with Crippen molar-refractivity contribution in [1.29, 1.82) is 0 Å². The van der Waals surface area contributed by atoms with Crippen molar-refractivity contribution in [2.24, 2.45) is 0 Å². The molecule has 1 aromatic heterocycles. The average molecular weight is 418 g/mol. The van der Waals surface area contributed by atoms with E-state index in [1.807, 2.05) is 0 Å². The molecule has 160 valence electrons. The lowest BCUT2D eigenvalue weighted by Crippen LogP contribution is -2.52. The van der Waals surface area contributed by atoms with Crippen LogP contribution in [0.4, 0.5) is 0 Å². The molecule has 1 aromatic carbocycles. The first kappa shape index (κ1) is 22.2. The second kappa shape index (κ2) is 10.0.